The molecule has 1 aromatic heterocycles. The van der Waals surface area contributed by atoms with Crippen LogP contribution >= 0.6 is 0 Å². The van der Waals surface area contributed by atoms with Gasteiger partial charge in [0.2, 0.25) is 0 Å². The predicted octanol–water partition coefficient (Wildman–Crippen LogP) is 1.09. The summed E-state index contributed by atoms with van der Waals surface area (Å²) in [6.07, 6.45) is 4.08. The minimum absolute atomic E-state index is 0.180. The van der Waals surface area contributed by atoms with Gasteiger partial charge in [0.1, 0.15) is 6.04 Å². The zero-order chi connectivity index (χ0) is 15.1. The van der Waals surface area contributed by atoms with Crippen LogP contribution in [0.2, 0.25) is 0 Å². The summed E-state index contributed by atoms with van der Waals surface area (Å²) in [4.78, 5) is 31.3. The summed E-state index contributed by atoms with van der Waals surface area (Å²) in [5.74, 6) is -0.573. The molecule has 20 heavy (non-hydrogen) atoms. The van der Waals surface area contributed by atoms with Crippen molar-refractivity contribution in [2.45, 2.75) is 32.7 Å². The summed E-state index contributed by atoms with van der Waals surface area (Å²) >= 11 is 0. The van der Waals surface area contributed by atoms with E-state index in [-0.39, 0.29) is 12.5 Å². The Morgan fingerprint density at radius 1 is 1.50 bits per heavy atom. The molecule has 1 rings (SSSR count). The lowest BCUT2D eigenvalue weighted by Crippen LogP contribution is -2.48. The number of urea groups is 1. The van der Waals surface area contributed by atoms with Gasteiger partial charge in [-0.25, -0.2) is 14.6 Å². The second-order valence-electron chi connectivity index (χ2n) is 5.23. The smallest absolute Gasteiger partial charge is 0.326 e. The Morgan fingerprint density at radius 2 is 2.20 bits per heavy atom. The number of rotatable bonds is 7. The van der Waals surface area contributed by atoms with E-state index in [1.165, 1.54) is 11.2 Å². The predicted molar refractivity (Wildman–Crippen MR) is 74.3 cm³/mol. The number of hydrogen-bond acceptors (Lipinski definition) is 3. The first-order chi connectivity index (χ1) is 9.40. The van der Waals surface area contributed by atoms with Crippen molar-refractivity contribution in [1.29, 1.82) is 0 Å². The molecule has 1 atom stereocenters. The molecule has 0 aromatic carbocycles. The highest BCUT2D eigenvalue weighted by molar-refractivity contribution is 5.82. The van der Waals surface area contributed by atoms with Crippen LogP contribution in [0.1, 0.15) is 26.0 Å². The standard InChI is InChI=1S/C13H22N4O3/c1-9(2)4-5-17(3)13(20)16-11(12(18)19)6-10-7-14-8-15-10/h7-9,11H,4-6H2,1-3H3,(H,14,15)(H,16,20)(H,18,19)/t11-/m1/s1. The first-order valence-corrected chi connectivity index (χ1v) is 6.61. The molecular formula is C13H22N4O3. The fourth-order valence-corrected chi connectivity index (χ4v) is 1.63. The molecule has 3 N–H and O–H groups in total. The summed E-state index contributed by atoms with van der Waals surface area (Å²) in [7, 11) is 1.66. The highest BCUT2D eigenvalue weighted by Crippen LogP contribution is 2.03. The molecule has 0 unspecified atom stereocenters. The molecule has 7 nitrogen and oxygen atoms in total. The Labute approximate surface area is 118 Å². The average molecular weight is 282 g/mol. The second kappa shape index (κ2) is 7.52. The molecular weight excluding hydrogens is 260 g/mol. The minimum Gasteiger partial charge on any atom is -0.480 e. The fraction of sp³-hybridized carbons (Fsp3) is 0.615. The Hall–Kier alpha value is -2.05. The maximum Gasteiger partial charge on any atom is 0.326 e. The number of aromatic nitrogens is 2. The molecule has 2 amide bonds. The van der Waals surface area contributed by atoms with Gasteiger partial charge in [0.15, 0.2) is 0 Å². The highest BCUT2D eigenvalue weighted by atomic mass is 16.4. The van der Waals surface area contributed by atoms with E-state index < -0.39 is 12.0 Å². The van der Waals surface area contributed by atoms with Crippen LogP contribution in [0, 0.1) is 5.92 Å². The van der Waals surface area contributed by atoms with Crippen LogP contribution in [0.15, 0.2) is 12.5 Å². The number of hydrogen-bond donors (Lipinski definition) is 3. The van der Waals surface area contributed by atoms with E-state index in [0.717, 1.165) is 6.42 Å². The summed E-state index contributed by atoms with van der Waals surface area (Å²) in [5.41, 5.74) is 0.669. The molecule has 7 heteroatoms. The number of carbonyl (C=O) groups excluding carboxylic acids is 1. The SMILES string of the molecule is CC(C)CCN(C)C(=O)N[C@H](Cc1cnc[nH]1)C(=O)O. The van der Waals surface area contributed by atoms with Crippen molar-refractivity contribution in [2.75, 3.05) is 13.6 Å². The number of carbonyl (C=O) groups is 2. The van der Waals surface area contributed by atoms with Crippen molar-refractivity contribution in [3.63, 3.8) is 0 Å². The third kappa shape index (κ3) is 5.29. The van der Waals surface area contributed by atoms with Gasteiger partial charge in [0.25, 0.3) is 0 Å². The molecule has 0 aliphatic rings. The molecule has 0 saturated carbocycles. The van der Waals surface area contributed by atoms with Crippen molar-refractivity contribution >= 4 is 12.0 Å². The van der Waals surface area contributed by atoms with Crippen molar-refractivity contribution in [3.8, 4) is 0 Å². The summed E-state index contributed by atoms with van der Waals surface area (Å²) < 4.78 is 0. The van der Waals surface area contributed by atoms with Gasteiger partial charge >= 0.3 is 12.0 Å². The lowest BCUT2D eigenvalue weighted by atomic mass is 10.1. The lowest BCUT2D eigenvalue weighted by molar-refractivity contribution is -0.139. The van der Waals surface area contributed by atoms with E-state index >= 15 is 0 Å². The third-order valence-corrected chi connectivity index (χ3v) is 2.96. The van der Waals surface area contributed by atoms with E-state index in [2.05, 4.69) is 29.1 Å². The topological polar surface area (TPSA) is 98.3 Å². The van der Waals surface area contributed by atoms with Gasteiger partial charge in [-0.2, -0.15) is 0 Å². The van der Waals surface area contributed by atoms with Crippen molar-refractivity contribution in [1.82, 2.24) is 20.2 Å². The van der Waals surface area contributed by atoms with Crippen LogP contribution in [0.3, 0.4) is 0 Å². The van der Waals surface area contributed by atoms with Crippen molar-refractivity contribution in [3.05, 3.63) is 18.2 Å². The lowest BCUT2D eigenvalue weighted by Gasteiger charge is -2.21. The minimum atomic E-state index is -1.06. The summed E-state index contributed by atoms with van der Waals surface area (Å²) in [6.45, 7) is 4.74. The van der Waals surface area contributed by atoms with Gasteiger partial charge in [0, 0.05) is 31.9 Å². The molecule has 0 fully saturated rings. The molecule has 1 heterocycles. The second-order valence-corrected chi connectivity index (χ2v) is 5.23. The monoisotopic (exact) mass is 282 g/mol. The highest BCUT2D eigenvalue weighted by Gasteiger charge is 2.22. The van der Waals surface area contributed by atoms with Crippen LogP contribution < -0.4 is 5.32 Å². The maximum atomic E-state index is 11.9. The first-order valence-electron chi connectivity index (χ1n) is 6.61. The van der Waals surface area contributed by atoms with Gasteiger partial charge in [-0.1, -0.05) is 13.8 Å². The molecule has 112 valence electrons. The summed E-state index contributed by atoms with van der Waals surface area (Å²) in [6, 6.07) is -1.35. The summed E-state index contributed by atoms with van der Waals surface area (Å²) in [5, 5.41) is 11.7. The number of aromatic amines is 1. The Bertz CT molecular complexity index is 431. The molecule has 0 aliphatic heterocycles. The molecule has 0 aliphatic carbocycles. The van der Waals surface area contributed by atoms with Gasteiger partial charge in [0.05, 0.1) is 6.33 Å². The molecule has 0 bridgehead atoms. The number of aliphatic carboxylic acids is 1. The number of amides is 2. The number of carboxylic acids is 1. The van der Waals surface area contributed by atoms with Gasteiger partial charge in [-0.3, -0.25) is 0 Å². The Morgan fingerprint density at radius 3 is 2.70 bits per heavy atom. The van der Waals surface area contributed by atoms with Gasteiger partial charge in [-0.15, -0.1) is 0 Å². The van der Waals surface area contributed by atoms with Crippen molar-refractivity contribution in [2.24, 2.45) is 5.92 Å². The fourth-order valence-electron chi connectivity index (χ4n) is 1.63. The van der Waals surface area contributed by atoms with E-state index in [1.807, 2.05) is 0 Å². The quantitative estimate of drug-likeness (QED) is 0.697. The molecule has 0 radical (unpaired) electrons. The number of nitrogens with one attached hydrogen (secondary N) is 2. The zero-order valence-corrected chi connectivity index (χ0v) is 12.1. The van der Waals surface area contributed by atoms with Crippen LogP contribution in [0.5, 0.6) is 0 Å². The molecule has 0 spiro atoms. The Kier molecular flexibility index (Phi) is 6.02. The van der Waals surface area contributed by atoms with E-state index in [1.54, 1.807) is 13.2 Å². The van der Waals surface area contributed by atoms with Crippen LogP contribution in [-0.4, -0.2) is 51.6 Å². The number of carboxylic acid groups (broad SMARTS) is 1. The first kappa shape index (κ1) is 16.0. The number of nitrogens with zero attached hydrogens (tertiary/aromatic N) is 2. The zero-order valence-electron chi connectivity index (χ0n) is 12.1. The van der Waals surface area contributed by atoms with Gasteiger partial charge < -0.3 is 20.3 Å². The van der Waals surface area contributed by atoms with E-state index in [0.29, 0.717) is 18.2 Å². The molecule has 1 aromatic rings. The number of H-pyrrole nitrogens is 1. The largest absolute Gasteiger partial charge is 0.480 e. The van der Waals surface area contributed by atoms with Crippen LogP contribution in [0.25, 0.3) is 0 Å². The molecule has 0 saturated heterocycles. The van der Waals surface area contributed by atoms with Gasteiger partial charge in [-0.05, 0) is 12.3 Å². The van der Waals surface area contributed by atoms with Crippen LogP contribution in [0.4, 0.5) is 4.79 Å². The van der Waals surface area contributed by atoms with E-state index in [4.69, 9.17) is 5.11 Å². The average Bonchev–Trinajstić information content (AvgIpc) is 2.87. The van der Waals surface area contributed by atoms with Crippen molar-refractivity contribution < 1.29 is 14.7 Å². The normalized spacial score (nSPS) is 12.2. The Balaban J connectivity index is 2.52. The van der Waals surface area contributed by atoms with E-state index in [9.17, 15) is 9.59 Å². The van der Waals surface area contributed by atoms with Crippen LogP contribution in [-0.2, 0) is 11.2 Å². The maximum absolute atomic E-state index is 11.9. The third-order valence-electron chi connectivity index (χ3n) is 2.96. The number of imidazole rings is 1.